The lowest BCUT2D eigenvalue weighted by atomic mass is 9.95. The van der Waals surface area contributed by atoms with Crippen molar-refractivity contribution in [3.8, 4) is 5.75 Å². The molecule has 1 atom stereocenters. The van der Waals surface area contributed by atoms with Gasteiger partial charge in [0.2, 0.25) is 5.91 Å². The normalized spacial score (nSPS) is 11.7. The summed E-state index contributed by atoms with van der Waals surface area (Å²) in [5, 5.41) is 9.89. The Kier molecular flexibility index (Phi) is 7.42. The molecule has 1 N–H and O–H groups in total. The maximum absolute atomic E-state index is 12.7. The SMILES string of the molecule is CN(Cc1ccccc1)C(=O)CC(CO)c1cccc(OCc2ccccc2)c1. The molecule has 1 unspecified atom stereocenters. The lowest BCUT2D eigenvalue weighted by Gasteiger charge is -2.21. The van der Waals surface area contributed by atoms with Crippen LogP contribution in [0.15, 0.2) is 84.9 Å². The number of amides is 1. The molecule has 0 heterocycles. The fourth-order valence-electron chi connectivity index (χ4n) is 3.20. The van der Waals surface area contributed by atoms with Crippen LogP contribution in [0.2, 0.25) is 0 Å². The Balaban J connectivity index is 1.60. The summed E-state index contributed by atoms with van der Waals surface area (Å²) in [7, 11) is 1.79. The lowest BCUT2D eigenvalue weighted by molar-refractivity contribution is -0.131. The molecule has 3 rings (SSSR count). The Morgan fingerprint density at radius 3 is 2.24 bits per heavy atom. The van der Waals surface area contributed by atoms with Crippen LogP contribution in [0.1, 0.15) is 29.0 Å². The summed E-state index contributed by atoms with van der Waals surface area (Å²) in [6, 6.07) is 27.5. The molecule has 3 aromatic carbocycles. The van der Waals surface area contributed by atoms with Crippen LogP contribution in [0, 0.1) is 0 Å². The highest BCUT2D eigenvalue weighted by Gasteiger charge is 2.19. The average molecular weight is 389 g/mol. The third-order valence-electron chi connectivity index (χ3n) is 4.91. The number of hydrogen-bond donors (Lipinski definition) is 1. The van der Waals surface area contributed by atoms with Crippen LogP contribution in [0.5, 0.6) is 5.75 Å². The molecule has 4 nitrogen and oxygen atoms in total. The number of aliphatic hydroxyl groups is 1. The first kappa shape index (κ1) is 20.6. The summed E-state index contributed by atoms with van der Waals surface area (Å²) >= 11 is 0. The minimum absolute atomic E-state index is 0.00325. The molecule has 150 valence electrons. The molecule has 29 heavy (non-hydrogen) atoms. The van der Waals surface area contributed by atoms with E-state index < -0.39 is 0 Å². The van der Waals surface area contributed by atoms with E-state index in [1.54, 1.807) is 11.9 Å². The molecule has 0 aliphatic carbocycles. The maximum Gasteiger partial charge on any atom is 0.223 e. The van der Waals surface area contributed by atoms with Crippen molar-refractivity contribution < 1.29 is 14.6 Å². The second-order valence-corrected chi connectivity index (χ2v) is 7.17. The van der Waals surface area contributed by atoms with Crippen molar-refractivity contribution in [3.63, 3.8) is 0 Å². The van der Waals surface area contributed by atoms with Crippen molar-refractivity contribution in [2.45, 2.75) is 25.5 Å². The van der Waals surface area contributed by atoms with Gasteiger partial charge in [0, 0.05) is 25.9 Å². The van der Waals surface area contributed by atoms with E-state index in [2.05, 4.69) is 0 Å². The fourth-order valence-corrected chi connectivity index (χ4v) is 3.20. The zero-order valence-electron chi connectivity index (χ0n) is 16.7. The van der Waals surface area contributed by atoms with Gasteiger partial charge >= 0.3 is 0 Å². The molecule has 3 aromatic rings. The first-order chi connectivity index (χ1) is 14.2. The number of aliphatic hydroxyl groups excluding tert-OH is 1. The second kappa shape index (κ2) is 10.4. The van der Waals surface area contributed by atoms with E-state index in [0.717, 1.165) is 22.4 Å². The minimum Gasteiger partial charge on any atom is -0.489 e. The number of ether oxygens (including phenoxy) is 1. The van der Waals surface area contributed by atoms with E-state index in [0.29, 0.717) is 13.2 Å². The van der Waals surface area contributed by atoms with Crippen LogP contribution < -0.4 is 4.74 Å². The Labute approximate surface area is 172 Å². The molecule has 1 amide bonds. The molecular formula is C25H27NO3. The van der Waals surface area contributed by atoms with Crippen molar-refractivity contribution in [3.05, 3.63) is 102 Å². The number of carbonyl (C=O) groups is 1. The van der Waals surface area contributed by atoms with Gasteiger partial charge in [-0.3, -0.25) is 4.79 Å². The highest BCUT2D eigenvalue weighted by atomic mass is 16.5. The molecule has 0 aliphatic heterocycles. The molecule has 0 spiro atoms. The van der Waals surface area contributed by atoms with Crippen LogP contribution in [-0.4, -0.2) is 29.6 Å². The van der Waals surface area contributed by atoms with E-state index in [-0.39, 0.29) is 24.9 Å². The monoisotopic (exact) mass is 389 g/mol. The Bertz CT molecular complexity index is 896. The van der Waals surface area contributed by atoms with Crippen LogP contribution in [0.4, 0.5) is 0 Å². The smallest absolute Gasteiger partial charge is 0.223 e. The van der Waals surface area contributed by atoms with Crippen molar-refractivity contribution in [2.24, 2.45) is 0 Å². The lowest BCUT2D eigenvalue weighted by Crippen LogP contribution is -2.28. The average Bonchev–Trinajstić information content (AvgIpc) is 2.77. The Hall–Kier alpha value is -3.11. The first-order valence-corrected chi connectivity index (χ1v) is 9.81. The van der Waals surface area contributed by atoms with Crippen molar-refractivity contribution >= 4 is 5.91 Å². The van der Waals surface area contributed by atoms with Gasteiger partial charge in [0.05, 0.1) is 6.61 Å². The number of carbonyl (C=O) groups excluding carboxylic acids is 1. The van der Waals surface area contributed by atoms with Gasteiger partial charge in [-0.15, -0.1) is 0 Å². The first-order valence-electron chi connectivity index (χ1n) is 9.81. The summed E-state index contributed by atoms with van der Waals surface area (Å²) in [5.74, 6) is 0.472. The van der Waals surface area contributed by atoms with Gasteiger partial charge in [0.15, 0.2) is 0 Å². The number of hydrogen-bond acceptors (Lipinski definition) is 3. The molecule has 0 aliphatic rings. The third kappa shape index (κ3) is 6.19. The number of rotatable bonds is 9. The molecule has 0 saturated carbocycles. The largest absolute Gasteiger partial charge is 0.489 e. The van der Waals surface area contributed by atoms with Crippen LogP contribution in [0.3, 0.4) is 0 Å². The zero-order chi connectivity index (χ0) is 20.5. The maximum atomic E-state index is 12.7. The topological polar surface area (TPSA) is 49.8 Å². The molecule has 0 fully saturated rings. The van der Waals surface area contributed by atoms with Crippen molar-refractivity contribution in [1.29, 1.82) is 0 Å². The van der Waals surface area contributed by atoms with Crippen LogP contribution in [0.25, 0.3) is 0 Å². The molecule has 0 radical (unpaired) electrons. The summed E-state index contributed by atoms with van der Waals surface area (Å²) in [6.07, 6.45) is 0.252. The van der Waals surface area contributed by atoms with Gasteiger partial charge in [0.1, 0.15) is 12.4 Å². The number of benzene rings is 3. The van der Waals surface area contributed by atoms with E-state index in [4.69, 9.17) is 4.74 Å². The zero-order valence-corrected chi connectivity index (χ0v) is 16.7. The van der Waals surface area contributed by atoms with Gasteiger partial charge in [0.25, 0.3) is 0 Å². The predicted octanol–water partition coefficient (Wildman–Crippen LogP) is 4.39. The van der Waals surface area contributed by atoms with E-state index in [1.807, 2.05) is 84.9 Å². The van der Waals surface area contributed by atoms with Crippen molar-refractivity contribution in [2.75, 3.05) is 13.7 Å². The van der Waals surface area contributed by atoms with Gasteiger partial charge in [-0.05, 0) is 28.8 Å². The standard InChI is InChI=1S/C25H27NO3/c1-26(17-20-9-4-2-5-10-20)25(28)16-23(18-27)22-13-8-14-24(15-22)29-19-21-11-6-3-7-12-21/h2-15,23,27H,16-19H2,1H3. The Morgan fingerprint density at radius 2 is 1.59 bits per heavy atom. The Morgan fingerprint density at radius 1 is 0.931 bits per heavy atom. The third-order valence-corrected chi connectivity index (χ3v) is 4.91. The van der Waals surface area contributed by atoms with E-state index in [1.165, 1.54) is 0 Å². The van der Waals surface area contributed by atoms with Gasteiger partial charge in [-0.1, -0.05) is 72.8 Å². The van der Waals surface area contributed by atoms with Crippen LogP contribution in [-0.2, 0) is 17.9 Å². The number of nitrogens with zero attached hydrogens (tertiary/aromatic N) is 1. The summed E-state index contributed by atoms with van der Waals surface area (Å²) in [4.78, 5) is 14.4. The summed E-state index contributed by atoms with van der Waals surface area (Å²) in [6.45, 7) is 0.942. The van der Waals surface area contributed by atoms with Gasteiger partial charge in [-0.25, -0.2) is 0 Å². The fraction of sp³-hybridized carbons (Fsp3) is 0.240. The highest BCUT2D eigenvalue weighted by molar-refractivity contribution is 5.77. The highest BCUT2D eigenvalue weighted by Crippen LogP contribution is 2.25. The molecule has 4 heteroatoms. The van der Waals surface area contributed by atoms with Crippen LogP contribution >= 0.6 is 0 Å². The van der Waals surface area contributed by atoms with E-state index >= 15 is 0 Å². The van der Waals surface area contributed by atoms with Crippen molar-refractivity contribution in [1.82, 2.24) is 4.90 Å². The molecule has 0 aromatic heterocycles. The molecule has 0 bridgehead atoms. The summed E-state index contributed by atoms with van der Waals surface area (Å²) in [5.41, 5.74) is 3.08. The second-order valence-electron chi connectivity index (χ2n) is 7.17. The minimum atomic E-state index is -0.263. The van der Waals surface area contributed by atoms with Gasteiger partial charge in [-0.2, -0.15) is 0 Å². The van der Waals surface area contributed by atoms with Gasteiger partial charge < -0.3 is 14.7 Å². The van der Waals surface area contributed by atoms with E-state index in [9.17, 15) is 9.90 Å². The quantitative estimate of drug-likeness (QED) is 0.590. The molecular weight excluding hydrogens is 362 g/mol. The predicted molar refractivity (Wildman–Crippen MR) is 115 cm³/mol. The summed E-state index contributed by atoms with van der Waals surface area (Å²) < 4.78 is 5.88. The molecule has 0 saturated heterocycles.